The Labute approximate surface area is 125 Å². The summed E-state index contributed by atoms with van der Waals surface area (Å²) in [6.45, 7) is 5.94. The molecule has 5 nitrogen and oxygen atoms in total. The third-order valence-corrected chi connectivity index (χ3v) is 3.13. The molecule has 0 aromatic heterocycles. The molecule has 0 saturated carbocycles. The van der Waals surface area contributed by atoms with Gasteiger partial charge in [0.2, 0.25) is 5.91 Å². The molecule has 3 N–H and O–H groups in total. The molecule has 1 unspecified atom stereocenters. The third kappa shape index (κ3) is 6.40. The largest absolute Gasteiger partial charge is 0.480 e. The van der Waals surface area contributed by atoms with E-state index in [2.05, 4.69) is 10.6 Å². The fourth-order valence-electron chi connectivity index (χ4n) is 2.03. The predicted molar refractivity (Wildman–Crippen MR) is 83.3 cm³/mol. The van der Waals surface area contributed by atoms with Gasteiger partial charge in [0.15, 0.2) is 0 Å². The molecule has 0 spiro atoms. The lowest BCUT2D eigenvalue weighted by molar-refractivity contribution is -0.139. The van der Waals surface area contributed by atoms with Gasteiger partial charge in [0.1, 0.15) is 6.04 Å². The number of carboxylic acids is 1. The predicted octanol–water partition coefficient (Wildman–Crippen LogP) is 2.28. The number of aryl methyl sites for hydroxylation is 1. The first-order valence-corrected chi connectivity index (χ1v) is 7.27. The monoisotopic (exact) mass is 292 g/mol. The maximum absolute atomic E-state index is 11.9. The van der Waals surface area contributed by atoms with Crippen LogP contribution in [0.4, 0.5) is 5.69 Å². The first-order valence-electron chi connectivity index (χ1n) is 7.27. The van der Waals surface area contributed by atoms with Crippen molar-refractivity contribution < 1.29 is 14.7 Å². The van der Waals surface area contributed by atoms with Crippen LogP contribution in [0.2, 0.25) is 0 Å². The number of carbonyl (C=O) groups is 2. The number of amides is 1. The molecule has 1 aromatic rings. The van der Waals surface area contributed by atoms with Gasteiger partial charge in [-0.05, 0) is 36.5 Å². The molecule has 0 bridgehead atoms. The van der Waals surface area contributed by atoms with E-state index in [1.54, 1.807) is 0 Å². The van der Waals surface area contributed by atoms with E-state index in [0.29, 0.717) is 6.42 Å². The maximum Gasteiger partial charge on any atom is 0.320 e. The Morgan fingerprint density at radius 3 is 2.57 bits per heavy atom. The molecule has 0 saturated heterocycles. The van der Waals surface area contributed by atoms with Gasteiger partial charge < -0.3 is 10.4 Å². The highest BCUT2D eigenvalue weighted by atomic mass is 16.4. The average Bonchev–Trinajstić information content (AvgIpc) is 2.43. The van der Waals surface area contributed by atoms with Crippen molar-refractivity contribution in [2.24, 2.45) is 5.92 Å². The van der Waals surface area contributed by atoms with Crippen LogP contribution in [-0.4, -0.2) is 29.6 Å². The molecule has 116 valence electrons. The number of rotatable bonds is 8. The minimum atomic E-state index is -0.926. The van der Waals surface area contributed by atoms with Gasteiger partial charge in [-0.3, -0.25) is 14.9 Å². The number of anilines is 1. The zero-order chi connectivity index (χ0) is 15.8. The first kappa shape index (κ1) is 17.2. The van der Waals surface area contributed by atoms with Crippen LogP contribution in [0.3, 0.4) is 0 Å². The lowest BCUT2D eigenvalue weighted by Gasteiger charge is -2.16. The lowest BCUT2D eigenvalue weighted by atomic mass is 10.0. The van der Waals surface area contributed by atoms with E-state index in [0.717, 1.165) is 17.7 Å². The summed E-state index contributed by atoms with van der Waals surface area (Å²) in [5.41, 5.74) is 1.88. The minimum Gasteiger partial charge on any atom is -0.480 e. The van der Waals surface area contributed by atoms with E-state index in [1.165, 1.54) is 0 Å². The van der Waals surface area contributed by atoms with Crippen LogP contribution in [-0.2, 0) is 16.0 Å². The molecule has 1 aromatic carbocycles. The van der Waals surface area contributed by atoms with Crippen LogP contribution in [0, 0.1) is 5.92 Å². The Hall–Kier alpha value is -1.88. The quantitative estimate of drug-likeness (QED) is 0.687. The summed E-state index contributed by atoms with van der Waals surface area (Å²) in [5.74, 6) is -0.911. The molecular weight excluding hydrogens is 268 g/mol. The summed E-state index contributed by atoms with van der Waals surface area (Å²) in [6.07, 6.45) is 1.39. The molecule has 1 rings (SSSR count). The second kappa shape index (κ2) is 8.42. The van der Waals surface area contributed by atoms with Crippen LogP contribution in [0.25, 0.3) is 0 Å². The summed E-state index contributed by atoms with van der Waals surface area (Å²) in [4.78, 5) is 23.0. The Morgan fingerprint density at radius 2 is 2.00 bits per heavy atom. The Kier molecular flexibility index (Phi) is 6.88. The summed E-state index contributed by atoms with van der Waals surface area (Å²) in [5, 5.41) is 14.7. The maximum atomic E-state index is 11.9. The molecule has 0 aliphatic heterocycles. The summed E-state index contributed by atoms with van der Waals surface area (Å²) in [6, 6.07) is 6.93. The van der Waals surface area contributed by atoms with Crippen molar-refractivity contribution in [3.05, 3.63) is 29.8 Å². The third-order valence-electron chi connectivity index (χ3n) is 3.13. The number of hydrogen-bond donors (Lipinski definition) is 3. The fraction of sp³-hybridized carbons (Fsp3) is 0.500. The molecule has 0 heterocycles. The zero-order valence-electron chi connectivity index (χ0n) is 12.8. The zero-order valence-corrected chi connectivity index (χ0v) is 12.8. The van der Waals surface area contributed by atoms with E-state index >= 15 is 0 Å². The average molecular weight is 292 g/mol. The molecule has 0 radical (unpaired) electrons. The molecule has 5 heteroatoms. The summed E-state index contributed by atoms with van der Waals surface area (Å²) < 4.78 is 0. The van der Waals surface area contributed by atoms with Gasteiger partial charge in [-0.15, -0.1) is 0 Å². The fourth-order valence-corrected chi connectivity index (χ4v) is 2.03. The normalized spacial score (nSPS) is 12.2. The van der Waals surface area contributed by atoms with Crippen molar-refractivity contribution in [1.82, 2.24) is 5.32 Å². The molecule has 0 fully saturated rings. The van der Waals surface area contributed by atoms with Crippen LogP contribution >= 0.6 is 0 Å². The van der Waals surface area contributed by atoms with Crippen molar-refractivity contribution >= 4 is 17.6 Å². The highest BCUT2D eigenvalue weighted by molar-refractivity contribution is 5.92. The van der Waals surface area contributed by atoms with Gasteiger partial charge >= 0.3 is 5.97 Å². The van der Waals surface area contributed by atoms with Gasteiger partial charge in [0.25, 0.3) is 0 Å². The van der Waals surface area contributed by atoms with Crippen molar-refractivity contribution in [3.8, 4) is 0 Å². The molecule has 1 amide bonds. The molecule has 21 heavy (non-hydrogen) atoms. The van der Waals surface area contributed by atoms with Gasteiger partial charge in [0, 0.05) is 5.69 Å². The van der Waals surface area contributed by atoms with Crippen molar-refractivity contribution in [2.45, 2.75) is 39.7 Å². The Balaban J connectivity index is 2.50. The van der Waals surface area contributed by atoms with E-state index in [1.807, 2.05) is 45.0 Å². The van der Waals surface area contributed by atoms with E-state index < -0.39 is 12.0 Å². The van der Waals surface area contributed by atoms with Gasteiger partial charge in [-0.1, -0.05) is 32.9 Å². The molecule has 0 aliphatic carbocycles. The number of aliphatic carboxylic acids is 1. The first-order chi connectivity index (χ1) is 9.92. The molecule has 1 atom stereocenters. The number of carboxylic acid groups (broad SMARTS) is 1. The smallest absolute Gasteiger partial charge is 0.320 e. The Bertz CT molecular complexity index is 486. The second-order valence-corrected chi connectivity index (χ2v) is 5.50. The summed E-state index contributed by atoms with van der Waals surface area (Å²) >= 11 is 0. The van der Waals surface area contributed by atoms with Gasteiger partial charge in [-0.25, -0.2) is 0 Å². The second-order valence-electron chi connectivity index (χ2n) is 5.50. The molecule has 0 aliphatic rings. The van der Waals surface area contributed by atoms with E-state index in [-0.39, 0.29) is 18.4 Å². The van der Waals surface area contributed by atoms with Crippen LogP contribution < -0.4 is 10.6 Å². The number of nitrogens with one attached hydrogen (secondary N) is 2. The SMILES string of the molecule is CCc1cccc(NC(=O)CNC(CC(C)C)C(=O)O)c1. The van der Waals surface area contributed by atoms with Crippen molar-refractivity contribution in [1.29, 1.82) is 0 Å². The van der Waals surface area contributed by atoms with Crippen LogP contribution in [0.15, 0.2) is 24.3 Å². The van der Waals surface area contributed by atoms with E-state index in [9.17, 15) is 9.59 Å². The lowest BCUT2D eigenvalue weighted by Crippen LogP contribution is -2.42. The van der Waals surface area contributed by atoms with Crippen LogP contribution in [0.5, 0.6) is 0 Å². The number of benzene rings is 1. The highest BCUT2D eigenvalue weighted by Crippen LogP contribution is 2.11. The van der Waals surface area contributed by atoms with Gasteiger partial charge in [0.05, 0.1) is 6.54 Å². The topological polar surface area (TPSA) is 78.4 Å². The minimum absolute atomic E-state index is 0.0138. The number of hydrogen-bond acceptors (Lipinski definition) is 3. The molecular formula is C16H24N2O3. The summed E-state index contributed by atoms with van der Waals surface area (Å²) in [7, 11) is 0. The van der Waals surface area contributed by atoms with Crippen LogP contribution in [0.1, 0.15) is 32.8 Å². The highest BCUT2D eigenvalue weighted by Gasteiger charge is 2.19. The van der Waals surface area contributed by atoms with Crippen molar-refractivity contribution in [3.63, 3.8) is 0 Å². The number of carbonyl (C=O) groups excluding carboxylic acids is 1. The van der Waals surface area contributed by atoms with Gasteiger partial charge in [-0.2, -0.15) is 0 Å². The van der Waals surface area contributed by atoms with Crippen molar-refractivity contribution in [2.75, 3.05) is 11.9 Å². The Morgan fingerprint density at radius 1 is 1.29 bits per heavy atom. The standard InChI is InChI=1S/C16H24N2O3/c1-4-12-6-5-7-13(9-12)18-15(19)10-17-14(16(20)21)8-11(2)3/h5-7,9,11,14,17H,4,8,10H2,1-3H3,(H,18,19)(H,20,21). The van der Waals surface area contributed by atoms with E-state index in [4.69, 9.17) is 5.11 Å².